The normalized spacial score (nSPS) is 20.0. The van der Waals surface area contributed by atoms with Gasteiger partial charge in [-0.2, -0.15) is 0 Å². The molecule has 1 aliphatic rings. The number of aryl methyl sites for hydroxylation is 1. The van der Waals surface area contributed by atoms with Crippen LogP contribution in [0, 0.1) is 6.92 Å². The van der Waals surface area contributed by atoms with Crippen LogP contribution in [0.5, 0.6) is 0 Å². The summed E-state index contributed by atoms with van der Waals surface area (Å²) >= 11 is 0. The van der Waals surface area contributed by atoms with E-state index in [1.165, 1.54) is 17.0 Å². The highest BCUT2D eigenvalue weighted by molar-refractivity contribution is 5.36. The molecule has 1 aliphatic heterocycles. The lowest BCUT2D eigenvalue weighted by Crippen LogP contribution is -2.38. The molecule has 1 N–H and O–H groups in total. The van der Waals surface area contributed by atoms with Crippen molar-refractivity contribution >= 4 is 0 Å². The summed E-state index contributed by atoms with van der Waals surface area (Å²) in [5.41, 5.74) is 4.63. The highest BCUT2D eigenvalue weighted by Crippen LogP contribution is 2.31. The number of rotatable bonds is 0. The fourth-order valence-corrected chi connectivity index (χ4v) is 2.17. The van der Waals surface area contributed by atoms with Gasteiger partial charge in [-0.05, 0) is 18.6 Å². The summed E-state index contributed by atoms with van der Waals surface area (Å²) in [4.78, 5) is 0. The molecule has 13 heavy (non-hydrogen) atoms. The molecule has 0 unspecified atom stereocenters. The van der Waals surface area contributed by atoms with Crippen LogP contribution in [0.25, 0.3) is 0 Å². The minimum atomic E-state index is 0.291. The second-order valence-electron chi connectivity index (χ2n) is 4.69. The molecule has 2 rings (SSSR count). The Labute approximate surface area is 79.9 Å². The van der Waals surface area contributed by atoms with E-state index in [0.717, 1.165) is 13.1 Å². The molecule has 0 saturated heterocycles. The summed E-state index contributed by atoms with van der Waals surface area (Å²) in [6.45, 7) is 8.88. The maximum Gasteiger partial charge on any atom is 0.0362 e. The van der Waals surface area contributed by atoms with Crippen LogP contribution in [0.2, 0.25) is 0 Å². The Bertz CT molecular complexity index is 334. The van der Waals surface area contributed by atoms with Crippen molar-refractivity contribution in [2.45, 2.75) is 32.7 Å². The standard InChI is InChI=1S/C11H18N2/c1-8-5-9-10(13(8)4)6-12-7-11(9,2)3/h5,12H,6-7H2,1-4H3. The van der Waals surface area contributed by atoms with E-state index < -0.39 is 0 Å². The average Bonchev–Trinajstić information content (AvgIpc) is 2.32. The second kappa shape index (κ2) is 2.61. The van der Waals surface area contributed by atoms with E-state index in [9.17, 15) is 0 Å². The molecular weight excluding hydrogens is 160 g/mol. The first-order chi connectivity index (χ1) is 6.02. The fraction of sp³-hybridized carbons (Fsp3) is 0.636. The van der Waals surface area contributed by atoms with Gasteiger partial charge in [0.15, 0.2) is 0 Å². The zero-order valence-corrected chi connectivity index (χ0v) is 8.94. The van der Waals surface area contributed by atoms with Crippen LogP contribution in [0.1, 0.15) is 30.8 Å². The smallest absolute Gasteiger partial charge is 0.0362 e. The lowest BCUT2D eigenvalue weighted by molar-refractivity contribution is 0.426. The Morgan fingerprint density at radius 2 is 2.15 bits per heavy atom. The number of nitrogens with zero attached hydrogens (tertiary/aromatic N) is 1. The highest BCUT2D eigenvalue weighted by atomic mass is 15.0. The maximum absolute atomic E-state index is 3.46. The van der Waals surface area contributed by atoms with Gasteiger partial charge in [-0.3, -0.25) is 0 Å². The van der Waals surface area contributed by atoms with Crippen LogP contribution in [-0.2, 0) is 19.0 Å². The molecule has 0 atom stereocenters. The summed E-state index contributed by atoms with van der Waals surface area (Å²) in [5, 5.41) is 3.46. The van der Waals surface area contributed by atoms with Crippen molar-refractivity contribution < 1.29 is 0 Å². The first-order valence-electron chi connectivity index (χ1n) is 4.89. The van der Waals surface area contributed by atoms with Crippen molar-refractivity contribution in [3.05, 3.63) is 23.0 Å². The monoisotopic (exact) mass is 178 g/mol. The quantitative estimate of drug-likeness (QED) is 0.640. The Morgan fingerprint density at radius 3 is 2.77 bits per heavy atom. The van der Waals surface area contributed by atoms with Gasteiger partial charge < -0.3 is 9.88 Å². The Morgan fingerprint density at radius 1 is 1.46 bits per heavy atom. The molecule has 0 radical (unpaired) electrons. The van der Waals surface area contributed by atoms with Gasteiger partial charge in [0.05, 0.1) is 0 Å². The molecule has 0 fully saturated rings. The zero-order chi connectivity index (χ0) is 9.64. The van der Waals surface area contributed by atoms with Crippen molar-refractivity contribution in [1.82, 2.24) is 9.88 Å². The summed E-state index contributed by atoms with van der Waals surface area (Å²) < 4.78 is 2.29. The summed E-state index contributed by atoms with van der Waals surface area (Å²) in [6.07, 6.45) is 0. The number of fused-ring (bicyclic) bond motifs is 1. The van der Waals surface area contributed by atoms with Gasteiger partial charge >= 0.3 is 0 Å². The molecule has 1 aromatic heterocycles. The minimum absolute atomic E-state index is 0.291. The predicted octanol–water partition coefficient (Wildman–Crippen LogP) is 1.71. The third-order valence-corrected chi connectivity index (χ3v) is 3.19. The number of hydrogen-bond donors (Lipinski definition) is 1. The molecule has 72 valence electrons. The number of hydrogen-bond acceptors (Lipinski definition) is 1. The van der Waals surface area contributed by atoms with Crippen LogP contribution in [0.15, 0.2) is 6.07 Å². The van der Waals surface area contributed by atoms with Gasteiger partial charge in [0, 0.05) is 36.9 Å². The van der Waals surface area contributed by atoms with Gasteiger partial charge in [0.2, 0.25) is 0 Å². The Kier molecular flexibility index (Phi) is 1.77. The largest absolute Gasteiger partial charge is 0.350 e. The van der Waals surface area contributed by atoms with E-state index in [1.807, 2.05) is 0 Å². The zero-order valence-electron chi connectivity index (χ0n) is 8.94. The molecule has 0 bridgehead atoms. The van der Waals surface area contributed by atoms with Crippen molar-refractivity contribution in [1.29, 1.82) is 0 Å². The van der Waals surface area contributed by atoms with Gasteiger partial charge in [-0.25, -0.2) is 0 Å². The predicted molar refractivity (Wildman–Crippen MR) is 54.9 cm³/mol. The molecule has 1 aromatic rings. The van der Waals surface area contributed by atoms with E-state index >= 15 is 0 Å². The van der Waals surface area contributed by atoms with E-state index in [0.29, 0.717) is 5.41 Å². The summed E-state index contributed by atoms with van der Waals surface area (Å²) in [6, 6.07) is 2.33. The van der Waals surface area contributed by atoms with Crippen LogP contribution >= 0.6 is 0 Å². The average molecular weight is 178 g/mol. The first-order valence-corrected chi connectivity index (χ1v) is 4.89. The van der Waals surface area contributed by atoms with Crippen LogP contribution in [0.3, 0.4) is 0 Å². The van der Waals surface area contributed by atoms with E-state index in [4.69, 9.17) is 0 Å². The van der Waals surface area contributed by atoms with Crippen LogP contribution < -0.4 is 5.32 Å². The number of aromatic nitrogens is 1. The minimum Gasteiger partial charge on any atom is -0.350 e. The van der Waals surface area contributed by atoms with Crippen molar-refractivity contribution in [3.8, 4) is 0 Å². The molecule has 0 spiro atoms. The van der Waals surface area contributed by atoms with Gasteiger partial charge in [-0.15, -0.1) is 0 Å². The van der Waals surface area contributed by atoms with E-state index in [-0.39, 0.29) is 0 Å². The third-order valence-electron chi connectivity index (χ3n) is 3.19. The molecule has 2 heterocycles. The second-order valence-corrected chi connectivity index (χ2v) is 4.69. The van der Waals surface area contributed by atoms with Crippen molar-refractivity contribution in [2.24, 2.45) is 7.05 Å². The maximum atomic E-state index is 3.46. The van der Waals surface area contributed by atoms with Gasteiger partial charge in [0.1, 0.15) is 0 Å². The topological polar surface area (TPSA) is 17.0 Å². The van der Waals surface area contributed by atoms with E-state index in [2.05, 4.69) is 43.8 Å². The fourth-order valence-electron chi connectivity index (χ4n) is 2.17. The van der Waals surface area contributed by atoms with Gasteiger partial charge in [-0.1, -0.05) is 13.8 Å². The summed E-state index contributed by atoms with van der Waals surface area (Å²) in [7, 11) is 2.15. The molecule has 0 saturated carbocycles. The molecule has 0 aromatic carbocycles. The highest BCUT2D eigenvalue weighted by Gasteiger charge is 2.29. The number of nitrogens with one attached hydrogen (secondary N) is 1. The third kappa shape index (κ3) is 1.20. The van der Waals surface area contributed by atoms with E-state index in [1.54, 1.807) is 0 Å². The molecule has 0 amide bonds. The SMILES string of the molecule is Cc1cc2c(n1C)CNCC2(C)C. The Balaban J connectivity index is 2.59. The molecule has 2 nitrogen and oxygen atoms in total. The first kappa shape index (κ1) is 8.82. The summed E-state index contributed by atoms with van der Waals surface area (Å²) in [5.74, 6) is 0. The van der Waals surface area contributed by atoms with Crippen molar-refractivity contribution in [2.75, 3.05) is 6.54 Å². The van der Waals surface area contributed by atoms with Crippen LogP contribution in [-0.4, -0.2) is 11.1 Å². The van der Waals surface area contributed by atoms with Gasteiger partial charge in [0.25, 0.3) is 0 Å². The van der Waals surface area contributed by atoms with Crippen LogP contribution in [0.4, 0.5) is 0 Å². The van der Waals surface area contributed by atoms with Crippen molar-refractivity contribution in [3.63, 3.8) is 0 Å². The molecule has 2 heteroatoms. The Hall–Kier alpha value is -0.760. The lowest BCUT2D eigenvalue weighted by Gasteiger charge is -2.31. The molecular formula is C11H18N2. The molecule has 0 aliphatic carbocycles. The lowest BCUT2D eigenvalue weighted by atomic mass is 9.82.